The number of hydrogen-bond donors (Lipinski definition) is 0. The third-order valence-electron chi connectivity index (χ3n) is 1.25. The maximum absolute atomic E-state index is 11.4. The minimum atomic E-state index is -3.01. The van der Waals surface area contributed by atoms with Gasteiger partial charge in [-0.25, -0.2) is 0 Å². The summed E-state index contributed by atoms with van der Waals surface area (Å²) in [6.07, 6.45) is 3.14. The smallest absolute Gasteiger partial charge is 0.309 e. The molecule has 0 bridgehead atoms. The molecule has 0 atom stereocenters. The summed E-state index contributed by atoms with van der Waals surface area (Å²) in [6.45, 7) is 3.91. The Hall–Kier alpha value is -0.440. The lowest BCUT2D eigenvalue weighted by Gasteiger charge is -2.06. The average molecular weight is 205 g/mol. The van der Waals surface area contributed by atoms with Crippen molar-refractivity contribution in [2.24, 2.45) is 4.99 Å². The monoisotopic (exact) mass is 205 g/mol. The summed E-state index contributed by atoms with van der Waals surface area (Å²) in [4.78, 5) is 4.05. The largest absolute Gasteiger partial charge is 0.353 e. The molecule has 0 amide bonds. The minimum Gasteiger partial charge on any atom is -0.309 e. The van der Waals surface area contributed by atoms with Crippen LogP contribution in [-0.2, 0) is 13.6 Å². The van der Waals surface area contributed by atoms with Crippen molar-refractivity contribution in [3.63, 3.8) is 0 Å². The molecule has 0 aliphatic rings. The van der Waals surface area contributed by atoms with Crippen LogP contribution in [-0.4, -0.2) is 26.5 Å². The third-order valence-corrected chi connectivity index (χ3v) is 2.80. The van der Waals surface area contributed by atoms with Gasteiger partial charge in [0.2, 0.25) is 0 Å². The van der Waals surface area contributed by atoms with E-state index in [0.29, 0.717) is 0 Å². The van der Waals surface area contributed by atoms with E-state index in [-0.39, 0.29) is 6.04 Å². The van der Waals surface area contributed by atoms with E-state index in [1.54, 1.807) is 12.3 Å². The fraction of sp³-hybridized carbons (Fsp3) is 0.625. The van der Waals surface area contributed by atoms with Crippen molar-refractivity contribution < 1.29 is 13.6 Å². The Morgan fingerprint density at radius 1 is 1.31 bits per heavy atom. The number of nitrogens with zero attached hydrogens (tertiary/aromatic N) is 1. The molecular weight excluding hydrogens is 189 g/mol. The van der Waals surface area contributed by atoms with Crippen LogP contribution in [0, 0.1) is 0 Å². The molecule has 0 aliphatic carbocycles. The highest BCUT2D eigenvalue weighted by Gasteiger charge is 2.14. The van der Waals surface area contributed by atoms with Gasteiger partial charge in [0.15, 0.2) is 0 Å². The molecule has 0 unspecified atom stereocenters. The first-order chi connectivity index (χ1) is 6.04. The van der Waals surface area contributed by atoms with Gasteiger partial charge in [0.05, 0.1) is 0 Å². The van der Waals surface area contributed by atoms with Gasteiger partial charge in [0, 0.05) is 32.3 Å². The fourth-order valence-electron chi connectivity index (χ4n) is 0.562. The molecule has 76 valence electrons. The van der Waals surface area contributed by atoms with Crippen LogP contribution < -0.4 is 0 Å². The second-order valence-electron chi connectivity index (χ2n) is 2.64. The van der Waals surface area contributed by atoms with Gasteiger partial charge in [-0.1, -0.05) is 0 Å². The molecule has 5 heteroatoms. The molecule has 0 saturated carbocycles. The van der Waals surface area contributed by atoms with Crippen molar-refractivity contribution in [2.45, 2.75) is 19.9 Å². The number of rotatable bonds is 5. The van der Waals surface area contributed by atoms with Crippen LogP contribution in [0.3, 0.4) is 0 Å². The van der Waals surface area contributed by atoms with Gasteiger partial charge in [-0.05, 0) is 19.9 Å². The molecule has 0 aromatic rings. The van der Waals surface area contributed by atoms with Crippen molar-refractivity contribution in [2.75, 3.05) is 14.2 Å². The predicted octanol–water partition coefficient (Wildman–Crippen LogP) is 2.47. The molecule has 0 aromatic carbocycles. The van der Waals surface area contributed by atoms with Gasteiger partial charge in [0.25, 0.3) is 0 Å². The first kappa shape index (κ1) is 12.6. The van der Waals surface area contributed by atoms with E-state index in [1.165, 1.54) is 20.0 Å². The van der Waals surface area contributed by atoms with Crippen LogP contribution in [0.15, 0.2) is 16.9 Å². The van der Waals surface area contributed by atoms with E-state index in [4.69, 9.17) is 0 Å². The maximum Gasteiger partial charge on any atom is 0.353 e. The first-order valence-corrected chi connectivity index (χ1v) is 5.57. The fourth-order valence-corrected chi connectivity index (χ4v) is 1.24. The van der Waals surface area contributed by atoms with E-state index >= 15 is 0 Å². The Bertz CT molecular complexity index is 228. The molecule has 0 rings (SSSR count). The molecule has 0 heterocycles. The maximum atomic E-state index is 11.4. The summed E-state index contributed by atoms with van der Waals surface area (Å²) in [5.74, 6) is 1.37. The Labute approximate surface area is 79.2 Å². The molecule has 0 spiro atoms. The minimum absolute atomic E-state index is 0.231. The molecule has 0 fully saturated rings. The summed E-state index contributed by atoms with van der Waals surface area (Å²) >= 11 is 0. The summed E-state index contributed by atoms with van der Waals surface area (Å²) < 4.78 is 20.8. The highest BCUT2D eigenvalue weighted by atomic mass is 31.2. The molecule has 4 nitrogen and oxygen atoms in total. The van der Waals surface area contributed by atoms with Crippen LogP contribution in [0.25, 0.3) is 0 Å². The third kappa shape index (κ3) is 5.75. The lowest BCUT2D eigenvalue weighted by molar-refractivity contribution is 0.286. The van der Waals surface area contributed by atoms with Crippen LogP contribution in [0.5, 0.6) is 0 Å². The number of aliphatic imine (C=N–C) groups is 1. The van der Waals surface area contributed by atoms with Crippen molar-refractivity contribution in [3.8, 4) is 0 Å². The zero-order chi connectivity index (χ0) is 10.3. The van der Waals surface area contributed by atoms with Gasteiger partial charge in [-0.15, -0.1) is 0 Å². The normalized spacial score (nSPS) is 13.6. The zero-order valence-electron chi connectivity index (χ0n) is 8.43. The standard InChI is InChI=1S/C8H16NO3P/c1-8(2)9-6-5-7-13(10,11-3)12-4/h5-8H,1-4H3/b7-5+,9-6?. The van der Waals surface area contributed by atoms with Gasteiger partial charge in [0.1, 0.15) is 0 Å². The van der Waals surface area contributed by atoms with E-state index < -0.39 is 7.60 Å². The molecule has 0 aromatic heterocycles. The van der Waals surface area contributed by atoms with Crippen LogP contribution in [0.1, 0.15) is 13.8 Å². The summed E-state index contributed by atoms with van der Waals surface area (Å²) in [5, 5.41) is 0. The molecule has 0 radical (unpaired) electrons. The molecular formula is C8H16NO3P. The second kappa shape index (κ2) is 6.08. The quantitative estimate of drug-likeness (QED) is 0.511. The summed E-state index contributed by atoms with van der Waals surface area (Å²) in [5.41, 5.74) is 0. The van der Waals surface area contributed by atoms with Gasteiger partial charge < -0.3 is 9.05 Å². The number of allylic oxidation sites excluding steroid dienone is 1. The van der Waals surface area contributed by atoms with Crippen molar-refractivity contribution in [3.05, 3.63) is 11.9 Å². The lowest BCUT2D eigenvalue weighted by Crippen LogP contribution is -1.87. The summed E-state index contributed by atoms with van der Waals surface area (Å²) in [6, 6.07) is 0.231. The zero-order valence-corrected chi connectivity index (χ0v) is 9.32. The second-order valence-corrected chi connectivity index (χ2v) is 4.75. The Morgan fingerprint density at radius 3 is 2.23 bits per heavy atom. The van der Waals surface area contributed by atoms with Gasteiger partial charge in [-0.3, -0.25) is 9.56 Å². The van der Waals surface area contributed by atoms with Gasteiger partial charge in [-0.2, -0.15) is 0 Å². The SMILES string of the molecule is COP(=O)(/C=C/C=NC(C)C)OC. The Morgan fingerprint density at radius 2 is 1.85 bits per heavy atom. The van der Waals surface area contributed by atoms with Crippen molar-refractivity contribution >= 4 is 13.8 Å². The molecule has 0 N–H and O–H groups in total. The predicted molar refractivity (Wildman–Crippen MR) is 54.4 cm³/mol. The highest BCUT2D eigenvalue weighted by molar-refractivity contribution is 7.57. The van der Waals surface area contributed by atoms with E-state index in [9.17, 15) is 4.57 Å². The highest BCUT2D eigenvalue weighted by Crippen LogP contribution is 2.47. The topological polar surface area (TPSA) is 47.9 Å². The Balaban J connectivity index is 4.17. The number of hydrogen-bond acceptors (Lipinski definition) is 4. The molecule has 13 heavy (non-hydrogen) atoms. The van der Waals surface area contributed by atoms with E-state index in [2.05, 4.69) is 14.0 Å². The average Bonchev–Trinajstić information content (AvgIpc) is 2.12. The molecule has 0 saturated heterocycles. The van der Waals surface area contributed by atoms with Gasteiger partial charge >= 0.3 is 7.60 Å². The van der Waals surface area contributed by atoms with Crippen LogP contribution in [0.2, 0.25) is 0 Å². The Kier molecular flexibility index (Phi) is 5.88. The van der Waals surface area contributed by atoms with Crippen LogP contribution >= 0.6 is 7.60 Å². The van der Waals surface area contributed by atoms with Crippen molar-refractivity contribution in [1.82, 2.24) is 0 Å². The first-order valence-electron chi connectivity index (χ1n) is 3.96. The molecule has 0 aliphatic heterocycles. The van der Waals surface area contributed by atoms with Crippen molar-refractivity contribution in [1.29, 1.82) is 0 Å². The summed E-state index contributed by atoms with van der Waals surface area (Å²) in [7, 11) is -0.330. The van der Waals surface area contributed by atoms with E-state index in [0.717, 1.165) is 0 Å². The van der Waals surface area contributed by atoms with Crippen LogP contribution in [0.4, 0.5) is 0 Å². The van der Waals surface area contributed by atoms with E-state index in [1.807, 2.05) is 13.8 Å². The lowest BCUT2D eigenvalue weighted by atomic mass is 10.4.